The molecule has 0 bridgehead atoms. The van der Waals surface area contributed by atoms with Crippen molar-refractivity contribution < 1.29 is 18.9 Å². The average Bonchev–Trinajstić information content (AvgIpc) is 1.57. The van der Waals surface area contributed by atoms with Gasteiger partial charge in [0.25, 0.3) is 0 Å². The third-order valence-corrected chi connectivity index (χ3v) is 18.3. The lowest BCUT2D eigenvalue weighted by molar-refractivity contribution is 0.295. The van der Waals surface area contributed by atoms with Crippen LogP contribution >= 0.6 is 23.5 Å². The Balaban J connectivity index is 1.13. The van der Waals surface area contributed by atoms with Gasteiger partial charge in [-0.25, -0.2) is 0 Å². The molecule has 486 valence electrons. The molecule has 0 fully saturated rings. The Morgan fingerprint density at radius 2 is 0.656 bits per heavy atom. The Labute approximate surface area is 580 Å². The number of thioether (sulfide) groups is 2. The van der Waals surface area contributed by atoms with Crippen molar-refractivity contribution in [2.75, 3.05) is 37.9 Å². The topological polar surface area (TPSA) is 110 Å². The van der Waals surface area contributed by atoms with Gasteiger partial charge in [-0.3, -0.25) is 9.97 Å². The highest BCUT2D eigenvalue weighted by atomic mass is 32.2. The molecule has 0 unspecified atom stereocenters. The molecule has 9 rings (SSSR count). The van der Waals surface area contributed by atoms with Gasteiger partial charge >= 0.3 is 0 Å². The molecule has 6 aromatic carbocycles. The number of benzene rings is 6. The van der Waals surface area contributed by atoms with E-state index in [4.69, 9.17) is 29.5 Å². The van der Waals surface area contributed by atoms with E-state index in [0.29, 0.717) is 62.3 Å². The van der Waals surface area contributed by atoms with Crippen LogP contribution in [-0.4, -0.2) is 47.9 Å². The molecule has 2 aromatic heterocycles. The maximum atomic E-state index is 9.06. The maximum absolute atomic E-state index is 9.06. The lowest BCUT2D eigenvalue weighted by Gasteiger charge is -2.15. The first-order valence-corrected chi connectivity index (χ1v) is 36.4. The SMILES string of the molecule is CCCCCCOc1cc(C#Cc2ccc3c(c2)C(=C(c2ccncc2)c2ccncc2)c2cc(C#Cc4cc(OCCCCCC)c(C#Cc5ccc(SCCC#N)cc5)cc4OCCCCCC)ccc2-3)c(OCCCCCC)cc1C#Cc1ccc(SCCC#N)cc1. The molecule has 1 aliphatic rings. The summed E-state index contributed by atoms with van der Waals surface area (Å²) in [6.45, 7) is 11.1. The van der Waals surface area contributed by atoms with Crippen LogP contribution in [0.1, 0.15) is 210 Å². The smallest absolute Gasteiger partial charge is 0.136 e. The summed E-state index contributed by atoms with van der Waals surface area (Å²) in [7, 11) is 0. The molecule has 10 heteroatoms. The van der Waals surface area contributed by atoms with E-state index >= 15 is 0 Å². The maximum Gasteiger partial charge on any atom is 0.136 e. The minimum Gasteiger partial charge on any atom is -0.492 e. The molecular weight excluding hydrogens is 1220 g/mol. The highest BCUT2D eigenvalue weighted by Crippen LogP contribution is 2.50. The molecule has 8 nitrogen and oxygen atoms in total. The zero-order valence-electron chi connectivity index (χ0n) is 56.2. The third-order valence-electron chi connectivity index (χ3n) is 16.3. The fourth-order valence-corrected chi connectivity index (χ4v) is 12.6. The van der Waals surface area contributed by atoms with Gasteiger partial charge in [-0.2, -0.15) is 10.5 Å². The van der Waals surface area contributed by atoms with Gasteiger partial charge in [-0.05, 0) is 167 Å². The lowest BCUT2D eigenvalue weighted by atomic mass is 9.88. The van der Waals surface area contributed by atoms with Crippen molar-refractivity contribution >= 4 is 34.7 Å². The molecule has 0 spiro atoms. The number of unbranched alkanes of at least 4 members (excludes halogenated alkanes) is 12. The second-order valence-electron chi connectivity index (χ2n) is 23.6. The Bertz CT molecular complexity index is 3960. The van der Waals surface area contributed by atoms with E-state index in [1.165, 1.54) is 0 Å². The van der Waals surface area contributed by atoms with E-state index in [0.717, 1.165) is 213 Å². The Hall–Kier alpha value is -9.52. The quantitative estimate of drug-likeness (QED) is 0.0230. The van der Waals surface area contributed by atoms with Gasteiger partial charge in [0.1, 0.15) is 23.0 Å². The summed E-state index contributed by atoms with van der Waals surface area (Å²) in [6, 6.07) is 50.3. The number of hydrogen-bond donors (Lipinski definition) is 0. The number of ether oxygens (including phenoxy) is 4. The molecule has 1 aliphatic carbocycles. The van der Waals surface area contributed by atoms with Crippen LogP contribution in [0.2, 0.25) is 0 Å². The number of fused-ring (bicyclic) bond motifs is 3. The fraction of sp³-hybridized carbons (Fsp3) is 0.326. The monoisotopic (exact) mass is 1300 g/mol. The Kier molecular flexibility index (Phi) is 29.0. The molecule has 0 aliphatic heterocycles. The molecule has 0 saturated heterocycles. The largest absolute Gasteiger partial charge is 0.492 e. The second-order valence-corrected chi connectivity index (χ2v) is 26.0. The van der Waals surface area contributed by atoms with Crippen molar-refractivity contribution in [3.05, 3.63) is 225 Å². The van der Waals surface area contributed by atoms with Gasteiger partial charge in [0.05, 0.1) is 60.8 Å². The molecule has 0 radical (unpaired) electrons. The first-order valence-electron chi connectivity index (χ1n) is 34.4. The van der Waals surface area contributed by atoms with Crippen molar-refractivity contribution in [2.24, 2.45) is 0 Å². The molecule has 96 heavy (non-hydrogen) atoms. The van der Waals surface area contributed by atoms with Gasteiger partial charge in [0.2, 0.25) is 0 Å². The van der Waals surface area contributed by atoms with E-state index in [1.54, 1.807) is 23.5 Å². The van der Waals surface area contributed by atoms with E-state index < -0.39 is 0 Å². The summed E-state index contributed by atoms with van der Waals surface area (Å²) < 4.78 is 26.6. The molecular formula is C86H86N4O4S2. The van der Waals surface area contributed by atoms with Crippen LogP contribution in [0, 0.1) is 70.0 Å². The standard InChI is InChI=1S/C86H86N4O4S2/c1-5-9-13-17-53-91-81-63-73(83(93-55-19-15-11-7-3)61-71(81)33-23-65-27-37-75(38-28-65)95-57-21-47-87)35-25-67-31-41-77-78-42-32-68(60-80(78)86(79(77)59-67)85(69-43-49-89-50-44-69)70-45-51-90-52-46-70)26-36-74-64-82(92-54-18-14-10-6-2)72(62-84(74)94-56-20-16-12-8-4)34-24-66-29-39-76(40-30-66)96-58-22-48-88/h27-32,37-46,49-52,59-64H,5-22,53-58H2,1-4H3. The molecule has 2 heterocycles. The van der Waals surface area contributed by atoms with E-state index in [2.05, 4.69) is 182 Å². The van der Waals surface area contributed by atoms with Gasteiger partial charge in [-0.1, -0.05) is 164 Å². The summed E-state index contributed by atoms with van der Waals surface area (Å²) in [5.74, 6) is 32.3. The van der Waals surface area contributed by atoms with Crippen LogP contribution in [0.4, 0.5) is 0 Å². The summed E-state index contributed by atoms with van der Waals surface area (Å²) in [4.78, 5) is 11.1. The van der Waals surface area contributed by atoms with Crippen molar-refractivity contribution in [1.82, 2.24) is 9.97 Å². The first-order chi connectivity index (χ1) is 47.4. The molecule has 0 saturated carbocycles. The van der Waals surface area contributed by atoms with Crippen molar-refractivity contribution in [1.29, 1.82) is 10.5 Å². The molecule has 0 N–H and O–H groups in total. The van der Waals surface area contributed by atoms with Gasteiger partial charge in [0, 0.05) is 105 Å². The van der Waals surface area contributed by atoms with Crippen LogP contribution < -0.4 is 18.9 Å². The highest BCUT2D eigenvalue weighted by molar-refractivity contribution is 7.99. The van der Waals surface area contributed by atoms with E-state index in [9.17, 15) is 0 Å². The molecule has 0 amide bonds. The second kappa shape index (κ2) is 39.4. The van der Waals surface area contributed by atoms with Crippen LogP contribution in [0.5, 0.6) is 23.0 Å². The summed E-state index contributed by atoms with van der Waals surface area (Å²) in [5, 5.41) is 18.1. The van der Waals surface area contributed by atoms with Crippen LogP contribution in [0.15, 0.2) is 168 Å². The number of pyridine rings is 2. The van der Waals surface area contributed by atoms with Crippen molar-refractivity contribution in [2.45, 2.75) is 153 Å². The minimum atomic E-state index is 0.506. The number of rotatable bonds is 32. The number of aromatic nitrogens is 2. The van der Waals surface area contributed by atoms with Crippen LogP contribution in [-0.2, 0) is 0 Å². The van der Waals surface area contributed by atoms with E-state index in [-0.39, 0.29) is 0 Å². The zero-order chi connectivity index (χ0) is 66.8. The lowest BCUT2D eigenvalue weighted by Crippen LogP contribution is -2.03. The summed E-state index contributed by atoms with van der Waals surface area (Å²) in [6.07, 6.45) is 25.6. The first kappa shape index (κ1) is 70.8. The number of nitriles is 2. The van der Waals surface area contributed by atoms with Crippen LogP contribution in [0.25, 0.3) is 22.3 Å². The average molecular weight is 1300 g/mol. The molecule has 0 atom stereocenters. The molecule has 8 aromatic rings. The zero-order valence-corrected chi connectivity index (χ0v) is 57.9. The Morgan fingerprint density at radius 1 is 0.344 bits per heavy atom. The minimum absolute atomic E-state index is 0.506. The number of nitrogens with zero attached hydrogens (tertiary/aromatic N) is 4. The Morgan fingerprint density at radius 3 is 0.969 bits per heavy atom. The fourth-order valence-electron chi connectivity index (χ4n) is 11.1. The van der Waals surface area contributed by atoms with Crippen molar-refractivity contribution in [3.8, 4) is 93.6 Å². The van der Waals surface area contributed by atoms with Gasteiger partial charge in [0.15, 0.2) is 0 Å². The van der Waals surface area contributed by atoms with E-state index in [1.807, 2.05) is 73.3 Å². The predicted molar refractivity (Wildman–Crippen MR) is 396 cm³/mol. The van der Waals surface area contributed by atoms with Crippen molar-refractivity contribution in [3.63, 3.8) is 0 Å². The summed E-state index contributed by atoms with van der Waals surface area (Å²) in [5.41, 5.74) is 14.9. The third kappa shape index (κ3) is 21.2. The summed E-state index contributed by atoms with van der Waals surface area (Å²) >= 11 is 3.34. The number of hydrogen-bond acceptors (Lipinski definition) is 10. The normalized spacial score (nSPS) is 10.8. The van der Waals surface area contributed by atoms with Gasteiger partial charge in [-0.15, -0.1) is 23.5 Å². The predicted octanol–water partition coefficient (Wildman–Crippen LogP) is 20.9. The van der Waals surface area contributed by atoms with Crippen LogP contribution in [0.3, 0.4) is 0 Å². The van der Waals surface area contributed by atoms with Gasteiger partial charge < -0.3 is 18.9 Å². The highest BCUT2D eigenvalue weighted by Gasteiger charge is 2.28.